The van der Waals surface area contributed by atoms with Crippen molar-refractivity contribution in [1.29, 1.82) is 0 Å². The normalized spacial score (nSPS) is 17.8. The molecule has 7 heteroatoms. The highest BCUT2D eigenvalue weighted by Gasteiger charge is 2.30. The fourth-order valence-electron chi connectivity index (χ4n) is 2.69. The molecule has 0 saturated carbocycles. The number of rotatable bonds is 3. The summed E-state index contributed by atoms with van der Waals surface area (Å²) in [5.41, 5.74) is 3.65. The van der Waals surface area contributed by atoms with E-state index in [4.69, 9.17) is 9.84 Å². The van der Waals surface area contributed by atoms with E-state index >= 15 is 0 Å². The number of carboxylic acid groups (broad SMARTS) is 1. The first-order chi connectivity index (χ1) is 11.5. The van der Waals surface area contributed by atoms with E-state index in [0.717, 1.165) is 16.1 Å². The number of benzene rings is 1. The monoisotopic (exact) mass is 346 g/mol. The zero-order chi connectivity index (χ0) is 17.3. The van der Waals surface area contributed by atoms with Gasteiger partial charge in [0, 0.05) is 17.5 Å². The van der Waals surface area contributed by atoms with Gasteiger partial charge in [0.2, 0.25) is 0 Å². The highest BCUT2D eigenvalue weighted by Crippen LogP contribution is 2.28. The molecule has 0 bridgehead atoms. The lowest BCUT2D eigenvalue weighted by Crippen LogP contribution is -2.48. The molecule has 1 atom stereocenters. The van der Waals surface area contributed by atoms with Crippen molar-refractivity contribution in [3.05, 3.63) is 40.4 Å². The van der Waals surface area contributed by atoms with E-state index in [1.807, 2.05) is 26.0 Å². The maximum absolute atomic E-state index is 12.6. The first-order valence-corrected chi connectivity index (χ1v) is 8.50. The van der Waals surface area contributed by atoms with E-state index in [-0.39, 0.29) is 19.1 Å². The zero-order valence-electron chi connectivity index (χ0n) is 13.5. The molecule has 1 N–H and O–H groups in total. The molecule has 0 aliphatic carbocycles. The lowest BCUT2D eigenvalue weighted by molar-refractivity contribution is -0.154. The number of nitrogens with zero attached hydrogens (tertiary/aromatic N) is 2. The molecule has 6 nitrogen and oxygen atoms in total. The maximum Gasteiger partial charge on any atom is 0.334 e. The Morgan fingerprint density at radius 3 is 2.88 bits per heavy atom. The van der Waals surface area contributed by atoms with Crippen LogP contribution in [0.3, 0.4) is 0 Å². The van der Waals surface area contributed by atoms with Crippen LogP contribution in [-0.4, -0.2) is 52.7 Å². The molecular weight excluding hydrogens is 328 g/mol. The fourth-order valence-corrected chi connectivity index (χ4v) is 3.58. The van der Waals surface area contributed by atoms with Crippen molar-refractivity contribution in [3.8, 4) is 10.6 Å². The second kappa shape index (κ2) is 6.70. The highest BCUT2D eigenvalue weighted by molar-refractivity contribution is 7.13. The molecule has 0 spiro atoms. The molecule has 1 amide bonds. The van der Waals surface area contributed by atoms with Gasteiger partial charge in [0.15, 0.2) is 6.10 Å². The van der Waals surface area contributed by atoms with Crippen molar-refractivity contribution in [2.45, 2.75) is 20.0 Å². The molecule has 1 fully saturated rings. The summed E-state index contributed by atoms with van der Waals surface area (Å²) in [5, 5.41) is 11.6. The predicted octanol–water partition coefficient (Wildman–Crippen LogP) is 2.35. The number of amides is 1. The Balaban J connectivity index is 1.80. The summed E-state index contributed by atoms with van der Waals surface area (Å²) in [6.07, 6.45) is -0.972. The predicted molar refractivity (Wildman–Crippen MR) is 90.3 cm³/mol. The van der Waals surface area contributed by atoms with Gasteiger partial charge in [0.1, 0.15) is 10.7 Å². The largest absolute Gasteiger partial charge is 0.479 e. The number of carbonyl (C=O) groups excluding carboxylic acids is 1. The molecule has 1 aliphatic heterocycles. The molecule has 3 rings (SSSR count). The number of thiazole rings is 1. The van der Waals surface area contributed by atoms with E-state index in [0.29, 0.717) is 12.2 Å². The van der Waals surface area contributed by atoms with Crippen LogP contribution in [0.5, 0.6) is 0 Å². The van der Waals surface area contributed by atoms with Gasteiger partial charge in [0.25, 0.3) is 5.91 Å². The van der Waals surface area contributed by atoms with Crippen molar-refractivity contribution in [2.24, 2.45) is 0 Å². The van der Waals surface area contributed by atoms with Crippen LogP contribution < -0.4 is 0 Å². The molecular formula is C17H18N2O4S. The van der Waals surface area contributed by atoms with Crippen LogP contribution in [0, 0.1) is 13.8 Å². The lowest BCUT2D eigenvalue weighted by Gasteiger charge is -2.30. The van der Waals surface area contributed by atoms with Crippen molar-refractivity contribution in [2.75, 3.05) is 19.7 Å². The molecule has 0 radical (unpaired) electrons. The molecule has 1 aromatic carbocycles. The summed E-state index contributed by atoms with van der Waals surface area (Å²) in [5.74, 6) is -1.31. The van der Waals surface area contributed by atoms with Crippen LogP contribution in [0.1, 0.15) is 21.6 Å². The Hall–Kier alpha value is -2.25. The Labute approximate surface area is 143 Å². The highest BCUT2D eigenvalue weighted by atomic mass is 32.1. The van der Waals surface area contributed by atoms with Gasteiger partial charge in [-0.15, -0.1) is 11.3 Å². The molecule has 126 valence electrons. The molecule has 24 heavy (non-hydrogen) atoms. The van der Waals surface area contributed by atoms with Gasteiger partial charge in [-0.1, -0.05) is 23.8 Å². The Morgan fingerprint density at radius 2 is 2.17 bits per heavy atom. The van der Waals surface area contributed by atoms with Crippen LogP contribution in [-0.2, 0) is 9.53 Å². The number of aromatic nitrogens is 1. The number of aliphatic carboxylic acids is 1. The van der Waals surface area contributed by atoms with Crippen LogP contribution in [0.4, 0.5) is 0 Å². The first kappa shape index (κ1) is 16.6. The average molecular weight is 346 g/mol. The minimum absolute atomic E-state index is 0.0462. The average Bonchev–Trinajstić information content (AvgIpc) is 3.04. The van der Waals surface area contributed by atoms with Crippen LogP contribution >= 0.6 is 11.3 Å². The van der Waals surface area contributed by atoms with Crippen LogP contribution in [0.15, 0.2) is 23.6 Å². The maximum atomic E-state index is 12.6. The summed E-state index contributed by atoms with van der Waals surface area (Å²) in [7, 11) is 0. The lowest BCUT2D eigenvalue weighted by atomic mass is 10.1. The molecule has 1 aromatic heterocycles. The first-order valence-electron chi connectivity index (χ1n) is 7.62. The molecule has 2 heterocycles. The number of morpholine rings is 1. The number of carbonyl (C=O) groups is 2. The quantitative estimate of drug-likeness (QED) is 0.923. The van der Waals surface area contributed by atoms with Crippen LogP contribution in [0.25, 0.3) is 10.6 Å². The number of ether oxygens (including phenoxy) is 1. The second-order valence-electron chi connectivity index (χ2n) is 5.81. The van der Waals surface area contributed by atoms with Gasteiger partial charge >= 0.3 is 5.97 Å². The van der Waals surface area contributed by atoms with Gasteiger partial charge in [-0.2, -0.15) is 0 Å². The number of hydrogen-bond acceptors (Lipinski definition) is 5. The molecule has 0 unspecified atom stereocenters. The van der Waals surface area contributed by atoms with E-state index in [1.54, 1.807) is 5.38 Å². The zero-order valence-corrected chi connectivity index (χ0v) is 14.3. The number of hydrogen-bond donors (Lipinski definition) is 1. The summed E-state index contributed by atoms with van der Waals surface area (Å²) in [6.45, 7) is 4.69. The Kier molecular flexibility index (Phi) is 4.64. The van der Waals surface area contributed by atoms with Gasteiger partial charge in [-0.3, -0.25) is 4.79 Å². The van der Waals surface area contributed by atoms with E-state index in [1.165, 1.54) is 21.8 Å². The smallest absolute Gasteiger partial charge is 0.334 e. The third kappa shape index (κ3) is 3.32. The fraction of sp³-hybridized carbons (Fsp3) is 0.353. The molecule has 2 aromatic rings. The summed E-state index contributed by atoms with van der Waals surface area (Å²) >= 11 is 1.42. The van der Waals surface area contributed by atoms with Crippen molar-refractivity contribution >= 4 is 23.2 Å². The molecule has 1 saturated heterocycles. The number of aryl methyl sites for hydroxylation is 2. The SMILES string of the molecule is Cc1ccc(-c2nc(C(=O)N3CCO[C@H](C(=O)O)C3)cs2)c(C)c1. The van der Waals surface area contributed by atoms with Gasteiger partial charge in [0.05, 0.1) is 13.2 Å². The van der Waals surface area contributed by atoms with Crippen molar-refractivity contribution in [1.82, 2.24) is 9.88 Å². The number of carboxylic acids is 1. The van der Waals surface area contributed by atoms with Gasteiger partial charge in [-0.25, -0.2) is 9.78 Å². The second-order valence-corrected chi connectivity index (χ2v) is 6.66. The topological polar surface area (TPSA) is 79.7 Å². The summed E-state index contributed by atoms with van der Waals surface area (Å²) in [6, 6.07) is 6.11. The summed E-state index contributed by atoms with van der Waals surface area (Å²) in [4.78, 5) is 29.6. The van der Waals surface area contributed by atoms with E-state index in [9.17, 15) is 9.59 Å². The van der Waals surface area contributed by atoms with E-state index in [2.05, 4.69) is 11.1 Å². The molecule has 1 aliphatic rings. The third-order valence-electron chi connectivity index (χ3n) is 3.96. The minimum atomic E-state index is -1.05. The summed E-state index contributed by atoms with van der Waals surface area (Å²) < 4.78 is 5.15. The van der Waals surface area contributed by atoms with Gasteiger partial charge < -0.3 is 14.7 Å². The Morgan fingerprint density at radius 1 is 1.38 bits per heavy atom. The standard InChI is InChI=1S/C17H18N2O4S/c1-10-3-4-12(11(2)7-10)15-18-13(9-24-15)16(20)19-5-6-23-14(8-19)17(21)22/h3-4,7,9,14H,5-6,8H2,1-2H3,(H,21,22)/t14-/m0/s1. The minimum Gasteiger partial charge on any atom is -0.479 e. The Bertz CT molecular complexity index is 787. The van der Waals surface area contributed by atoms with Crippen molar-refractivity contribution < 1.29 is 19.4 Å². The van der Waals surface area contributed by atoms with Gasteiger partial charge in [-0.05, 0) is 19.4 Å². The van der Waals surface area contributed by atoms with E-state index < -0.39 is 12.1 Å². The third-order valence-corrected chi connectivity index (χ3v) is 4.84. The van der Waals surface area contributed by atoms with Crippen molar-refractivity contribution in [3.63, 3.8) is 0 Å². The van der Waals surface area contributed by atoms with Crippen LogP contribution in [0.2, 0.25) is 0 Å².